The third-order valence-electron chi connectivity index (χ3n) is 5.22. The Morgan fingerprint density at radius 1 is 1.02 bits per heavy atom. The van der Waals surface area contributed by atoms with E-state index in [2.05, 4.69) is 31.4 Å². The first-order valence-electron chi connectivity index (χ1n) is 13.2. The van der Waals surface area contributed by atoms with Crippen LogP contribution >= 0.6 is 0 Å². The van der Waals surface area contributed by atoms with Gasteiger partial charge in [-0.2, -0.15) is 0 Å². The molecule has 3 N–H and O–H groups in total. The van der Waals surface area contributed by atoms with Gasteiger partial charge in [-0.05, 0) is 67.4 Å². The Kier molecular flexibility index (Phi) is 14.8. The van der Waals surface area contributed by atoms with Crippen molar-refractivity contribution in [3.63, 3.8) is 0 Å². The summed E-state index contributed by atoms with van der Waals surface area (Å²) in [5.74, 6) is -3.21. The molecule has 0 saturated carbocycles. The van der Waals surface area contributed by atoms with Gasteiger partial charge in [0.05, 0.1) is 30.3 Å². The van der Waals surface area contributed by atoms with Crippen molar-refractivity contribution >= 4 is 30.9 Å². The van der Waals surface area contributed by atoms with E-state index in [0.717, 1.165) is 19.5 Å². The molecular formula is C28H46BF2N2O7. The molecule has 1 unspecified atom stereocenters. The molecule has 1 rings (SSSR count). The molecule has 0 bridgehead atoms. The lowest BCUT2D eigenvalue weighted by Crippen LogP contribution is -2.49. The standard InChI is InChI=1S/C24H36BF2N2O7.C4H10/c1-9-34-19(31)12-17(29-18(30)13-28-21(32)35-22(2,3)4)15-10-14(11-16(26)20(15)27)25-36-24(7,8)23(5,6)33;1-4(2)3/h10-11,17,33H,9,12-13H2,1-8H3,(H,28,32)(H,29,30);4H,1-3H3. The second-order valence-electron chi connectivity index (χ2n) is 11.9. The zero-order chi connectivity index (χ0) is 31.5. The van der Waals surface area contributed by atoms with Crippen molar-refractivity contribution in [1.82, 2.24) is 10.6 Å². The van der Waals surface area contributed by atoms with E-state index in [9.17, 15) is 28.3 Å². The number of carbonyl (C=O) groups is 3. The minimum atomic E-state index is -1.32. The van der Waals surface area contributed by atoms with Gasteiger partial charge in [-0.15, -0.1) is 0 Å². The van der Waals surface area contributed by atoms with Crippen molar-refractivity contribution in [2.45, 2.75) is 105 Å². The molecule has 40 heavy (non-hydrogen) atoms. The van der Waals surface area contributed by atoms with Crippen LogP contribution in [0.15, 0.2) is 12.1 Å². The molecule has 0 heterocycles. The maximum atomic E-state index is 14.8. The van der Waals surface area contributed by atoms with Gasteiger partial charge in [0.15, 0.2) is 11.6 Å². The highest BCUT2D eigenvalue weighted by molar-refractivity contribution is 6.47. The van der Waals surface area contributed by atoms with Crippen LogP contribution < -0.4 is 16.1 Å². The number of hydrogen-bond acceptors (Lipinski definition) is 7. The van der Waals surface area contributed by atoms with Crippen LogP contribution in [-0.2, 0) is 23.7 Å². The molecule has 1 atom stereocenters. The van der Waals surface area contributed by atoms with Crippen LogP contribution in [0.1, 0.15) is 94.2 Å². The molecule has 2 amide bonds. The predicted molar refractivity (Wildman–Crippen MR) is 150 cm³/mol. The number of aliphatic hydroxyl groups is 1. The first kappa shape index (κ1) is 37.3. The molecule has 0 saturated heterocycles. The summed E-state index contributed by atoms with van der Waals surface area (Å²) in [7, 11) is 1.15. The zero-order valence-electron chi connectivity index (χ0n) is 25.7. The molecular weight excluding hydrogens is 525 g/mol. The van der Waals surface area contributed by atoms with Gasteiger partial charge < -0.3 is 29.9 Å². The van der Waals surface area contributed by atoms with Crippen molar-refractivity contribution < 1.29 is 42.4 Å². The summed E-state index contributed by atoms with van der Waals surface area (Å²) >= 11 is 0. The van der Waals surface area contributed by atoms with E-state index in [1.54, 1.807) is 41.5 Å². The van der Waals surface area contributed by atoms with Gasteiger partial charge in [-0.25, -0.2) is 13.6 Å². The van der Waals surface area contributed by atoms with Gasteiger partial charge in [-0.1, -0.05) is 32.3 Å². The number of nitrogens with one attached hydrogen (secondary N) is 2. The van der Waals surface area contributed by atoms with E-state index in [1.165, 1.54) is 19.9 Å². The Morgan fingerprint density at radius 3 is 2.05 bits per heavy atom. The van der Waals surface area contributed by atoms with E-state index >= 15 is 0 Å². The third kappa shape index (κ3) is 14.6. The first-order valence-corrected chi connectivity index (χ1v) is 13.2. The smallest absolute Gasteiger partial charge is 0.408 e. The van der Waals surface area contributed by atoms with Gasteiger partial charge in [0.25, 0.3) is 0 Å². The molecule has 9 nitrogen and oxygen atoms in total. The molecule has 1 aromatic carbocycles. The largest absolute Gasteiger partial charge is 0.466 e. The minimum Gasteiger partial charge on any atom is -0.466 e. The summed E-state index contributed by atoms with van der Waals surface area (Å²) in [5.41, 5.74) is -3.36. The summed E-state index contributed by atoms with van der Waals surface area (Å²) in [6, 6.07) is 0.777. The van der Waals surface area contributed by atoms with Gasteiger partial charge in [0.1, 0.15) is 12.1 Å². The van der Waals surface area contributed by atoms with Gasteiger partial charge in [0.2, 0.25) is 5.91 Å². The number of alkyl carbamates (subject to hydrolysis) is 1. The summed E-state index contributed by atoms with van der Waals surface area (Å²) in [6.45, 7) is 18.8. The Labute approximate surface area is 238 Å². The number of halogens is 2. The van der Waals surface area contributed by atoms with E-state index in [-0.39, 0.29) is 17.6 Å². The average Bonchev–Trinajstić information content (AvgIpc) is 2.76. The number of hydrogen-bond donors (Lipinski definition) is 3. The molecule has 0 spiro atoms. The molecule has 1 radical (unpaired) electrons. The Morgan fingerprint density at radius 2 is 1.57 bits per heavy atom. The second kappa shape index (κ2) is 15.9. The third-order valence-corrected chi connectivity index (χ3v) is 5.22. The van der Waals surface area contributed by atoms with Gasteiger partial charge >= 0.3 is 19.5 Å². The van der Waals surface area contributed by atoms with Crippen molar-refractivity contribution in [2.24, 2.45) is 5.92 Å². The number of benzene rings is 1. The highest BCUT2D eigenvalue weighted by atomic mass is 19.2. The van der Waals surface area contributed by atoms with Crippen molar-refractivity contribution in [3.8, 4) is 0 Å². The van der Waals surface area contributed by atoms with Gasteiger partial charge in [0, 0.05) is 5.56 Å². The summed E-state index contributed by atoms with van der Waals surface area (Å²) < 4.78 is 44.9. The number of carbonyl (C=O) groups excluding carboxylic acids is 3. The highest BCUT2D eigenvalue weighted by Crippen LogP contribution is 2.25. The zero-order valence-corrected chi connectivity index (χ0v) is 25.7. The van der Waals surface area contributed by atoms with Gasteiger partial charge in [-0.3, -0.25) is 9.59 Å². The summed E-state index contributed by atoms with van der Waals surface area (Å²) in [4.78, 5) is 36.4. The van der Waals surface area contributed by atoms with Crippen molar-refractivity contribution in [2.75, 3.05) is 13.2 Å². The molecule has 227 valence electrons. The Hall–Kier alpha value is -2.73. The molecule has 0 aliphatic rings. The van der Waals surface area contributed by atoms with Crippen LogP contribution in [0.4, 0.5) is 13.6 Å². The minimum absolute atomic E-state index is 0.0459. The Balaban J connectivity index is 0.00000354. The molecule has 0 aromatic heterocycles. The van der Waals surface area contributed by atoms with Crippen LogP contribution in [0.2, 0.25) is 0 Å². The first-order chi connectivity index (χ1) is 18.1. The van der Waals surface area contributed by atoms with Crippen LogP contribution in [0, 0.1) is 17.6 Å². The van der Waals surface area contributed by atoms with Crippen LogP contribution in [0.25, 0.3) is 0 Å². The fourth-order valence-corrected chi connectivity index (χ4v) is 2.65. The van der Waals surface area contributed by atoms with E-state index in [4.69, 9.17) is 14.1 Å². The quantitative estimate of drug-likeness (QED) is 0.270. The monoisotopic (exact) mass is 571 g/mol. The van der Waals surface area contributed by atoms with Crippen LogP contribution in [0.5, 0.6) is 0 Å². The normalized spacial score (nSPS) is 12.6. The topological polar surface area (TPSA) is 123 Å². The van der Waals surface area contributed by atoms with Crippen molar-refractivity contribution in [1.29, 1.82) is 0 Å². The van der Waals surface area contributed by atoms with Crippen LogP contribution in [0.3, 0.4) is 0 Å². The number of amides is 2. The fourth-order valence-electron chi connectivity index (χ4n) is 2.65. The number of rotatable bonds is 11. The average molecular weight is 571 g/mol. The predicted octanol–water partition coefficient (Wildman–Crippen LogP) is 4.07. The van der Waals surface area contributed by atoms with E-state index in [0.29, 0.717) is 0 Å². The SMILES string of the molecule is CC(C)C.CCOC(=O)CC(NC(=O)CNC(=O)OC(C)(C)C)c1cc([B]OC(C)(C)C(C)(C)O)cc(F)c1F. The lowest BCUT2D eigenvalue weighted by molar-refractivity contribution is -0.143. The number of ether oxygens (including phenoxy) is 2. The lowest BCUT2D eigenvalue weighted by Gasteiger charge is -2.37. The molecule has 0 aliphatic heterocycles. The maximum Gasteiger partial charge on any atom is 0.408 e. The maximum absolute atomic E-state index is 14.8. The summed E-state index contributed by atoms with van der Waals surface area (Å²) in [6.07, 6.45) is -1.35. The van der Waals surface area contributed by atoms with Crippen molar-refractivity contribution in [3.05, 3.63) is 29.3 Å². The van der Waals surface area contributed by atoms with Crippen LogP contribution in [-0.4, -0.2) is 60.5 Å². The molecule has 1 aromatic rings. The Bertz CT molecular complexity index is 987. The second-order valence-corrected chi connectivity index (χ2v) is 11.9. The lowest BCUT2D eigenvalue weighted by atomic mass is 9.81. The highest BCUT2D eigenvalue weighted by Gasteiger charge is 2.36. The summed E-state index contributed by atoms with van der Waals surface area (Å²) in [5, 5.41) is 14.9. The molecule has 12 heteroatoms. The fraction of sp³-hybridized carbons (Fsp3) is 0.679. The molecule has 0 aliphatic carbocycles. The van der Waals surface area contributed by atoms with E-state index in [1.807, 2.05) is 0 Å². The van der Waals surface area contributed by atoms with E-state index < -0.39 is 65.4 Å². The number of esters is 1. The molecule has 0 fully saturated rings.